The predicted octanol–water partition coefficient (Wildman–Crippen LogP) is 6.25. The highest BCUT2D eigenvalue weighted by Gasteiger charge is 2.30. The fraction of sp³-hybridized carbons (Fsp3) is 0. The van der Waals surface area contributed by atoms with Crippen LogP contribution in [0, 0.1) is 0 Å². The highest BCUT2D eigenvalue weighted by Crippen LogP contribution is 2.43. The number of nitrogens with zero attached hydrogens (tertiary/aromatic N) is 2. The van der Waals surface area contributed by atoms with E-state index in [1.54, 1.807) is 0 Å². The fourth-order valence-corrected chi connectivity index (χ4v) is 4.31. The molecule has 6 rings (SSSR count). The summed E-state index contributed by atoms with van der Waals surface area (Å²) in [5, 5.41) is 14.4. The SMILES string of the molecule is O=C1c2c(Nc3ccccc3)cccc2-c2nnc(-c3ccccc3)c3cccc1c23. The van der Waals surface area contributed by atoms with Crippen LogP contribution in [-0.2, 0) is 0 Å². The zero-order valence-electron chi connectivity index (χ0n) is 16.5. The molecule has 1 aliphatic rings. The average Bonchev–Trinajstić information content (AvgIpc) is 2.83. The van der Waals surface area contributed by atoms with Gasteiger partial charge in [-0.2, -0.15) is 0 Å². The zero-order chi connectivity index (χ0) is 20.8. The van der Waals surface area contributed by atoms with E-state index < -0.39 is 0 Å². The maximum atomic E-state index is 13.7. The molecule has 1 aromatic heterocycles. The van der Waals surface area contributed by atoms with E-state index in [4.69, 9.17) is 0 Å². The number of hydrogen-bond acceptors (Lipinski definition) is 4. The molecule has 0 saturated carbocycles. The predicted molar refractivity (Wildman–Crippen MR) is 124 cm³/mol. The molecule has 4 aromatic carbocycles. The van der Waals surface area contributed by atoms with Crippen LogP contribution in [0.5, 0.6) is 0 Å². The lowest BCUT2D eigenvalue weighted by Gasteiger charge is -2.22. The first kappa shape index (κ1) is 17.5. The van der Waals surface area contributed by atoms with Crippen molar-refractivity contribution in [1.29, 1.82) is 0 Å². The van der Waals surface area contributed by atoms with Crippen molar-refractivity contribution in [2.75, 3.05) is 5.32 Å². The van der Waals surface area contributed by atoms with Crippen LogP contribution < -0.4 is 5.32 Å². The highest BCUT2D eigenvalue weighted by molar-refractivity contribution is 6.28. The summed E-state index contributed by atoms with van der Waals surface area (Å²) in [5.41, 5.74) is 6.32. The van der Waals surface area contributed by atoms with Gasteiger partial charge in [0.1, 0.15) is 11.4 Å². The first-order valence-corrected chi connectivity index (χ1v) is 10.2. The lowest BCUT2D eigenvalue weighted by molar-refractivity contribution is 0.104. The van der Waals surface area contributed by atoms with Crippen molar-refractivity contribution in [3.05, 3.63) is 108 Å². The number of fused-ring (bicyclic) bond motifs is 2. The first-order chi connectivity index (χ1) is 15.3. The Hall–Kier alpha value is -4.31. The van der Waals surface area contributed by atoms with E-state index in [-0.39, 0.29) is 5.78 Å². The molecule has 1 heterocycles. The Morgan fingerprint density at radius 3 is 2.10 bits per heavy atom. The van der Waals surface area contributed by atoms with Crippen molar-refractivity contribution < 1.29 is 4.79 Å². The van der Waals surface area contributed by atoms with Crippen LogP contribution in [0.2, 0.25) is 0 Å². The molecule has 146 valence electrons. The summed E-state index contributed by atoms with van der Waals surface area (Å²) in [6.07, 6.45) is 0. The van der Waals surface area contributed by atoms with Crippen LogP contribution in [0.4, 0.5) is 11.4 Å². The number of benzene rings is 4. The molecule has 0 spiro atoms. The molecule has 0 radical (unpaired) electrons. The molecule has 5 aromatic rings. The number of ketones is 1. The number of nitrogens with one attached hydrogen (secondary N) is 1. The third-order valence-corrected chi connectivity index (χ3v) is 5.70. The van der Waals surface area contributed by atoms with E-state index in [0.29, 0.717) is 11.1 Å². The lowest BCUT2D eigenvalue weighted by atomic mass is 9.84. The minimum absolute atomic E-state index is 0.000794. The largest absolute Gasteiger partial charge is 0.355 e. The molecule has 0 atom stereocenters. The third kappa shape index (κ3) is 2.73. The Bertz CT molecular complexity index is 1460. The van der Waals surface area contributed by atoms with Gasteiger partial charge in [-0.3, -0.25) is 4.79 Å². The highest BCUT2D eigenvalue weighted by atomic mass is 16.1. The zero-order valence-corrected chi connectivity index (χ0v) is 16.5. The fourth-order valence-electron chi connectivity index (χ4n) is 4.31. The molecule has 0 saturated heterocycles. The summed E-state index contributed by atoms with van der Waals surface area (Å²) in [6, 6.07) is 31.5. The number of carbonyl (C=O) groups is 1. The summed E-state index contributed by atoms with van der Waals surface area (Å²) in [4.78, 5) is 13.7. The van der Waals surface area contributed by atoms with E-state index >= 15 is 0 Å². The first-order valence-electron chi connectivity index (χ1n) is 10.2. The van der Waals surface area contributed by atoms with Gasteiger partial charge in [-0.15, -0.1) is 10.2 Å². The topological polar surface area (TPSA) is 54.9 Å². The quantitative estimate of drug-likeness (QED) is 0.382. The normalized spacial score (nSPS) is 11.9. The molecule has 4 nitrogen and oxygen atoms in total. The van der Waals surface area contributed by atoms with E-state index in [2.05, 4.69) is 15.5 Å². The van der Waals surface area contributed by atoms with Gasteiger partial charge in [0.05, 0.1) is 11.3 Å². The van der Waals surface area contributed by atoms with Crippen LogP contribution in [0.3, 0.4) is 0 Å². The van der Waals surface area contributed by atoms with Crippen molar-refractivity contribution in [3.8, 4) is 22.5 Å². The van der Waals surface area contributed by atoms with Gasteiger partial charge in [0.2, 0.25) is 0 Å². The van der Waals surface area contributed by atoms with Crippen LogP contribution in [-0.4, -0.2) is 16.0 Å². The Labute approximate surface area is 179 Å². The molecule has 0 amide bonds. The van der Waals surface area contributed by atoms with E-state index in [0.717, 1.165) is 44.7 Å². The van der Waals surface area contributed by atoms with Gasteiger partial charge in [0.15, 0.2) is 5.78 Å². The lowest BCUT2D eigenvalue weighted by Crippen LogP contribution is -2.14. The van der Waals surface area contributed by atoms with Gasteiger partial charge < -0.3 is 5.32 Å². The Balaban J connectivity index is 1.60. The maximum absolute atomic E-state index is 13.7. The van der Waals surface area contributed by atoms with E-state index in [1.165, 1.54) is 0 Å². The number of rotatable bonds is 3. The maximum Gasteiger partial charge on any atom is 0.196 e. The van der Waals surface area contributed by atoms with Gasteiger partial charge in [-0.05, 0) is 18.2 Å². The molecule has 31 heavy (non-hydrogen) atoms. The molecule has 0 bridgehead atoms. The van der Waals surface area contributed by atoms with Crippen LogP contribution in [0.15, 0.2) is 97.1 Å². The summed E-state index contributed by atoms with van der Waals surface area (Å²) in [6.45, 7) is 0. The van der Waals surface area contributed by atoms with Crippen molar-refractivity contribution in [3.63, 3.8) is 0 Å². The summed E-state index contributed by atoms with van der Waals surface area (Å²) in [7, 11) is 0. The standard InChI is InChI=1S/C27H17N3O/c31-27-21-15-7-13-19-23(21)26(30-29-25(19)17-9-3-1-4-10-17)20-14-8-16-22(24(20)27)28-18-11-5-2-6-12-18/h1-16,28H. The Morgan fingerprint density at radius 1 is 0.613 bits per heavy atom. The van der Waals surface area contributed by atoms with Gasteiger partial charge in [-0.1, -0.05) is 78.9 Å². The average molecular weight is 399 g/mol. The number of carbonyl (C=O) groups excluding carboxylic acids is 1. The molecule has 0 aliphatic heterocycles. The summed E-state index contributed by atoms with van der Waals surface area (Å²) < 4.78 is 0. The van der Waals surface area contributed by atoms with E-state index in [9.17, 15) is 4.79 Å². The second-order valence-electron chi connectivity index (χ2n) is 7.54. The van der Waals surface area contributed by atoms with Crippen molar-refractivity contribution >= 4 is 27.9 Å². The molecule has 0 fully saturated rings. The Morgan fingerprint density at radius 2 is 1.29 bits per heavy atom. The van der Waals surface area contributed by atoms with Crippen LogP contribution >= 0.6 is 0 Å². The summed E-state index contributed by atoms with van der Waals surface area (Å²) in [5.74, 6) is -0.000794. The molecule has 0 unspecified atom stereocenters. The third-order valence-electron chi connectivity index (χ3n) is 5.70. The van der Waals surface area contributed by atoms with Crippen LogP contribution in [0.1, 0.15) is 15.9 Å². The summed E-state index contributed by atoms with van der Waals surface area (Å²) >= 11 is 0. The number of aromatic nitrogens is 2. The van der Waals surface area contributed by atoms with Gasteiger partial charge in [0, 0.05) is 33.2 Å². The van der Waals surface area contributed by atoms with Crippen molar-refractivity contribution in [2.24, 2.45) is 0 Å². The smallest absolute Gasteiger partial charge is 0.196 e. The molecule has 1 aliphatic carbocycles. The second-order valence-corrected chi connectivity index (χ2v) is 7.54. The molecule has 1 N–H and O–H groups in total. The molecular formula is C27H17N3O. The van der Waals surface area contributed by atoms with Crippen LogP contribution in [0.25, 0.3) is 33.3 Å². The van der Waals surface area contributed by atoms with Gasteiger partial charge in [0.25, 0.3) is 0 Å². The van der Waals surface area contributed by atoms with Crippen molar-refractivity contribution in [2.45, 2.75) is 0 Å². The number of para-hydroxylation sites is 1. The van der Waals surface area contributed by atoms with E-state index in [1.807, 2.05) is 97.1 Å². The molecular weight excluding hydrogens is 382 g/mol. The second kappa shape index (κ2) is 6.89. The van der Waals surface area contributed by atoms with Gasteiger partial charge >= 0.3 is 0 Å². The Kier molecular flexibility index (Phi) is 3.90. The minimum atomic E-state index is -0.000794. The number of hydrogen-bond donors (Lipinski definition) is 1. The minimum Gasteiger partial charge on any atom is -0.355 e. The van der Waals surface area contributed by atoms with Crippen molar-refractivity contribution in [1.82, 2.24) is 10.2 Å². The molecule has 4 heteroatoms. The monoisotopic (exact) mass is 399 g/mol. The number of anilines is 2. The van der Waals surface area contributed by atoms with Gasteiger partial charge in [-0.25, -0.2) is 0 Å².